The van der Waals surface area contributed by atoms with Crippen molar-refractivity contribution in [3.8, 4) is 23.0 Å². The third-order valence-corrected chi connectivity index (χ3v) is 7.91. The van der Waals surface area contributed by atoms with Crippen LogP contribution in [-0.2, 0) is 19.6 Å². The topological polar surface area (TPSA) is 174 Å². The Morgan fingerprint density at radius 1 is 0.660 bits per heavy atom. The minimum atomic E-state index is -4.28. The van der Waals surface area contributed by atoms with Crippen LogP contribution in [0.25, 0.3) is 21.9 Å². The van der Waals surface area contributed by atoms with Crippen LogP contribution < -0.4 is 35.3 Å². The van der Waals surface area contributed by atoms with E-state index in [-0.39, 0.29) is 56.2 Å². The van der Waals surface area contributed by atoms with Gasteiger partial charge in [0.1, 0.15) is 57.9 Å². The molecule has 0 saturated carbocycles. The lowest BCUT2D eigenvalue weighted by atomic mass is 10.1. The summed E-state index contributed by atoms with van der Waals surface area (Å²) >= 11 is 0. The first kappa shape index (κ1) is 30.6. The molecule has 0 aliphatic carbocycles. The number of carbonyl (C=O) groups is 2. The fourth-order valence-corrected chi connectivity index (χ4v) is 5.82. The first-order valence-corrected chi connectivity index (χ1v) is 15.6. The van der Waals surface area contributed by atoms with E-state index in [1.807, 2.05) is 0 Å². The molecule has 0 radical (unpaired) electrons. The molecule has 0 spiro atoms. The molecule has 6 aromatic rings. The number of para-hydroxylation sites is 2. The van der Waals surface area contributed by atoms with Crippen LogP contribution in [0.2, 0.25) is 0 Å². The number of amides is 2. The molecule has 0 atom stereocenters. The van der Waals surface area contributed by atoms with Crippen LogP contribution in [0.15, 0.2) is 116 Å². The maximum Gasteiger partial charge on any atom is 0.236 e. The molecule has 0 aliphatic heterocycles. The molecule has 236 valence electrons. The molecule has 2 N–H and O–H groups in total. The molecule has 14 heteroatoms. The van der Waals surface area contributed by atoms with Crippen LogP contribution in [0.1, 0.15) is 0 Å². The van der Waals surface area contributed by atoms with E-state index < -0.39 is 20.9 Å². The van der Waals surface area contributed by atoms with Crippen molar-refractivity contribution in [2.24, 2.45) is 0 Å². The van der Waals surface area contributed by atoms with Gasteiger partial charge < -0.3 is 28.9 Å². The highest BCUT2D eigenvalue weighted by molar-refractivity contribution is 7.92. The zero-order chi connectivity index (χ0) is 33.1. The van der Waals surface area contributed by atoms with Gasteiger partial charge in [-0.3, -0.25) is 19.2 Å². The van der Waals surface area contributed by atoms with E-state index in [2.05, 4.69) is 10.6 Å². The van der Waals surface area contributed by atoms with Crippen LogP contribution in [0, 0.1) is 0 Å². The summed E-state index contributed by atoms with van der Waals surface area (Å²) < 4.78 is 52.0. The normalized spacial score (nSPS) is 11.2. The first-order valence-electron chi connectivity index (χ1n) is 13.7. The summed E-state index contributed by atoms with van der Waals surface area (Å²) in [7, 11) is -4.28. The molecule has 4 aromatic carbocycles. The van der Waals surface area contributed by atoms with Crippen LogP contribution in [-0.4, -0.2) is 27.5 Å². The Bertz CT molecular complexity index is 2220. The molecule has 13 nitrogen and oxygen atoms in total. The van der Waals surface area contributed by atoms with Gasteiger partial charge in [0.25, 0.3) is 0 Å². The minimum absolute atomic E-state index is 0.0135. The number of fused-ring (bicyclic) bond motifs is 2. The van der Waals surface area contributed by atoms with Crippen molar-refractivity contribution < 1.29 is 36.3 Å². The fourth-order valence-electron chi connectivity index (χ4n) is 4.82. The average Bonchev–Trinajstić information content (AvgIpc) is 3.05. The largest absolute Gasteiger partial charge is 0.462 e. The second-order valence-corrected chi connectivity index (χ2v) is 11.8. The molecule has 2 amide bonds. The summed E-state index contributed by atoms with van der Waals surface area (Å²) in [6.45, 7) is 0. The Morgan fingerprint density at radius 2 is 1.06 bits per heavy atom. The zero-order valence-corrected chi connectivity index (χ0v) is 25.1. The number of nitrogens with zero attached hydrogens (tertiary/aromatic N) is 1. The van der Waals surface area contributed by atoms with Gasteiger partial charge in [-0.1, -0.05) is 36.4 Å². The summed E-state index contributed by atoms with van der Waals surface area (Å²) in [6.07, 6.45) is 3.66. The van der Waals surface area contributed by atoms with Gasteiger partial charge in [0.2, 0.25) is 33.7 Å². The number of anilines is 4. The monoisotopic (exact) mass is 653 g/mol. The SMILES string of the molecule is CS(=O)(=O)N(c1cc2occ(NC=O)c(=O)c2cc1Oc1ccccc1)c1cc2occ(NC=O)c(=O)c2cc1Oc1ccccc1. The maximum atomic E-state index is 13.8. The van der Waals surface area contributed by atoms with Crippen LogP contribution >= 0.6 is 0 Å². The highest BCUT2D eigenvalue weighted by atomic mass is 32.2. The molecule has 0 saturated heterocycles. The number of benzene rings is 4. The van der Waals surface area contributed by atoms with Gasteiger partial charge in [0.05, 0.1) is 17.0 Å². The number of hydrogen-bond donors (Lipinski definition) is 2. The smallest absolute Gasteiger partial charge is 0.236 e. The fraction of sp³-hybridized carbons (Fsp3) is 0.0303. The van der Waals surface area contributed by atoms with Crippen molar-refractivity contribution in [1.82, 2.24) is 0 Å². The average molecular weight is 654 g/mol. The minimum Gasteiger partial charge on any atom is -0.462 e. The summed E-state index contributed by atoms with van der Waals surface area (Å²) in [5, 5.41) is 4.53. The van der Waals surface area contributed by atoms with Gasteiger partial charge in [-0.25, -0.2) is 12.7 Å². The zero-order valence-electron chi connectivity index (χ0n) is 24.3. The Hall–Kier alpha value is -6.41. The van der Waals surface area contributed by atoms with Crippen LogP contribution in [0.3, 0.4) is 0 Å². The summed E-state index contributed by atoms with van der Waals surface area (Å²) in [4.78, 5) is 48.6. The Labute approximate surface area is 265 Å². The van der Waals surface area contributed by atoms with Crippen molar-refractivity contribution in [1.29, 1.82) is 0 Å². The number of sulfonamides is 1. The molecule has 47 heavy (non-hydrogen) atoms. The molecule has 0 bridgehead atoms. The predicted octanol–water partition coefficient (Wildman–Crippen LogP) is 5.72. The molecule has 2 heterocycles. The molecule has 0 aliphatic rings. The third kappa shape index (κ3) is 6.12. The van der Waals surface area contributed by atoms with Crippen molar-refractivity contribution in [3.63, 3.8) is 0 Å². The van der Waals surface area contributed by atoms with Crippen molar-refractivity contribution in [2.45, 2.75) is 0 Å². The van der Waals surface area contributed by atoms with Crippen molar-refractivity contribution in [3.05, 3.63) is 118 Å². The Morgan fingerprint density at radius 3 is 1.43 bits per heavy atom. The van der Waals surface area contributed by atoms with Gasteiger partial charge in [-0.05, 0) is 36.4 Å². The third-order valence-electron chi connectivity index (χ3n) is 6.85. The quantitative estimate of drug-likeness (QED) is 0.165. The number of carbonyl (C=O) groups excluding carboxylic acids is 2. The van der Waals surface area contributed by atoms with E-state index in [1.54, 1.807) is 60.7 Å². The van der Waals surface area contributed by atoms with E-state index >= 15 is 0 Å². The molecule has 6 rings (SSSR count). The summed E-state index contributed by atoms with van der Waals surface area (Å²) in [5.74, 6) is 0.465. The molecular weight excluding hydrogens is 630 g/mol. The van der Waals surface area contributed by atoms with E-state index in [0.29, 0.717) is 24.3 Å². The second kappa shape index (κ2) is 12.5. The van der Waals surface area contributed by atoms with Crippen molar-refractivity contribution >= 4 is 67.5 Å². The summed E-state index contributed by atoms with van der Waals surface area (Å²) in [5.41, 5.74) is -1.74. The lowest BCUT2D eigenvalue weighted by Crippen LogP contribution is -2.26. The Kier molecular flexibility index (Phi) is 8.16. The van der Waals surface area contributed by atoms with Crippen LogP contribution in [0.4, 0.5) is 22.7 Å². The summed E-state index contributed by atoms with van der Waals surface area (Å²) in [6, 6.07) is 22.0. The highest BCUT2D eigenvalue weighted by Crippen LogP contribution is 2.46. The lowest BCUT2D eigenvalue weighted by molar-refractivity contribution is -0.106. The molecule has 2 aromatic heterocycles. The van der Waals surface area contributed by atoms with Crippen LogP contribution in [0.5, 0.6) is 23.0 Å². The lowest BCUT2D eigenvalue weighted by Gasteiger charge is -2.27. The van der Waals surface area contributed by atoms with Gasteiger partial charge in [-0.15, -0.1) is 0 Å². The van der Waals surface area contributed by atoms with E-state index in [0.717, 1.165) is 23.1 Å². The second-order valence-electron chi connectivity index (χ2n) is 9.97. The van der Waals surface area contributed by atoms with E-state index in [9.17, 15) is 27.6 Å². The maximum absolute atomic E-state index is 13.8. The molecular formula is C33H23N3O10S. The number of hydrogen-bond acceptors (Lipinski definition) is 10. The van der Waals surface area contributed by atoms with Gasteiger partial charge in [0.15, 0.2) is 11.5 Å². The molecule has 0 fully saturated rings. The Balaban J connectivity index is 1.66. The van der Waals surface area contributed by atoms with E-state index in [1.165, 1.54) is 24.3 Å². The van der Waals surface area contributed by atoms with Gasteiger partial charge in [0, 0.05) is 12.1 Å². The highest BCUT2D eigenvalue weighted by Gasteiger charge is 2.30. The van der Waals surface area contributed by atoms with Gasteiger partial charge in [-0.2, -0.15) is 0 Å². The first-order chi connectivity index (χ1) is 22.7. The molecule has 0 unspecified atom stereocenters. The number of rotatable bonds is 11. The standard InChI is InChI=1S/C33H23N3O10S/c1-47(41,42)36(26-14-28-22(32(39)24(16-43-28)34-18-37)12-30(26)45-20-8-4-2-5-9-20)27-15-29-23(33(40)25(17-44-29)35-19-38)13-31(27)46-21-10-6-3-7-11-21/h2-19H,1H3,(H,34,37)(H,35,38). The van der Waals surface area contributed by atoms with Crippen molar-refractivity contribution in [2.75, 3.05) is 21.2 Å². The van der Waals surface area contributed by atoms with Gasteiger partial charge >= 0.3 is 0 Å². The predicted molar refractivity (Wildman–Crippen MR) is 174 cm³/mol. The van der Waals surface area contributed by atoms with E-state index in [4.69, 9.17) is 18.3 Å². The number of ether oxygens (including phenoxy) is 2. The number of nitrogens with one attached hydrogen (secondary N) is 2.